The Morgan fingerprint density at radius 2 is 1.94 bits per heavy atom. The average Bonchev–Trinajstić information content (AvgIpc) is 3.18. The van der Waals surface area contributed by atoms with Crippen LogP contribution in [0.25, 0.3) is 0 Å². The Bertz CT molecular complexity index is 948. The standard InChI is InChI=1S/C23H26ClNO6/c1-3-9-29-17-6-7-18(19(24)13-17)22(26)25-14-16-11-15(5-8-20(16)31-25)12-21(23(27)28)30-10-4-2/h5-8,11,13,21H,3-4,9-10,12,14H2,1-2H3,(H,27,28). The third kappa shape index (κ3) is 5.68. The molecule has 0 aromatic heterocycles. The second-order valence-electron chi connectivity index (χ2n) is 7.27. The zero-order chi connectivity index (χ0) is 22.4. The first kappa shape index (κ1) is 22.9. The van der Waals surface area contributed by atoms with Gasteiger partial charge in [-0.2, -0.15) is 5.06 Å². The second-order valence-corrected chi connectivity index (χ2v) is 7.67. The lowest BCUT2D eigenvalue weighted by Crippen LogP contribution is -2.29. The summed E-state index contributed by atoms with van der Waals surface area (Å²) in [6.07, 6.45) is 0.942. The van der Waals surface area contributed by atoms with E-state index in [-0.39, 0.29) is 23.9 Å². The molecule has 1 atom stereocenters. The lowest BCUT2D eigenvalue weighted by atomic mass is 10.0. The molecular weight excluding hydrogens is 422 g/mol. The molecule has 3 rings (SSSR count). The van der Waals surface area contributed by atoms with Crippen molar-refractivity contribution in [1.82, 2.24) is 5.06 Å². The molecule has 7 nitrogen and oxygen atoms in total. The van der Waals surface area contributed by atoms with Crippen molar-refractivity contribution in [3.05, 3.63) is 58.1 Å². The van der Waals surface area contributed by atoms with Gasteiger partial charge in [-0.25, -0.2) is 4.79 Å². The first-order valence-electron chi connectivity index (χ1n) is 10.3. The van der Waals surface area contributed by atoms with E-state index in [1.165, 1.54) is 5.06 Å². The largest absolute Gasteiger partial charge is 0.494 e. The molecule has 1 aliphatic rings. The summed E-state index contributed by atoms with van der Waals surface area (Å²) in [6, 6.07) is 10.3. The summed E-state index contributed by atoms with van der Waals surface area (Å²) in [5, 5.41) is 10.9. The van der Waals surface area contributed by atoms with E-state index in [0.717, 1.165) is 24.0 Å². The molecule has 0 aliphatic carbocycles. The summed E-state index contributed by atoms with van der Waals surface area (Å²) >= 11 is 6.29. The SMILES string of the molecule is CCCOc1ccc(C(=O)N2Cc3cc(CC(OCCC)C(=O)O)ccc3O2)c(Cl)c1. The summed E-state index contributed by atoms with van der Waals surface area (Å²) < 4.78 is 11.0. The molecule has 0 fully saturated rings. The Hall–Kier alpha value is -2.77. The zero-order valence-corrected chi connectivity index (χ0v) is 18.4. The smallest absolute Gasteiger partial charge is 0.333 e. The van der Waals surface area contributed by atoms with Crippen molar-refractivity contribution in [2.45, 2.75) is 45.8 Å². The summed E-state index contributed by atoms with van der Waals surface area (Å²) in [4.78, 5) is 30.0. The zero-order valence-electron chi connectivity index (χ0n) is 17.6. The molecule has 0 radical (unpaired) electrons. The van der Waals surface area contributed by atoms with Crippen LogP contribution in [0.4, 0.5) is 0 Å². The van der Waals surface area contributed by atoms with Gasteiger partial charge in [0.05, 0.1) is 23.7 Å². The number of hydrogen-bond acceptors (Lipinski definition) is 5. The van der Waals surface area contributed by atoms with Gasteiger partial charge < -0.3 is 19.4 Å². The minimum Gasteiger partial charge on any atom is -0.494 e. The molecule has 0 saturated carbocycles. The van der Waals surface area contributed by atoms with Gasteiger partial charge in [-0.05, 0) is 48.7 Å². The van der Waals surface area contributed by atoms with Crippen LogP contribution < -0.4 is 9.57 Å². The van der Waals surface area contributed by atoms with Crippen LogP contribution >= 0.6 is 11.6 Å². The molecule has 0 saturated heterocycles. The maximum atomic E-state index is 12.9. The van der Waals surface area contributed by atoms with Crippen LogP contribution in [0.3, 0.4) is 0 Å². The van der Waals surface area contributed by atoms with Gasteiger partial charge in [-0.3, -0.25) is 4.79 Å². The van der Waals surface area contributed by atoms with Crippen LogP contribution in [-0.4, -0.2) is 41.4 Å². The van der Waals surface area contributed by atoms with Gasteiger partial charge in [0, 0.05) is 18.6 Å². The highest BCUT2D eigenvalue weighted by atomic mass is 35.5. The molecule has 1 heterocycles. The first-order chi connectivity index (χ1) is 14.9. The number of carbonyl (C=O) groups excluding carboxylic acids is 1. The van der Waals surface area contributed by atoms with Crippen molar-refractivity contribution < 1.29 is 29.0 Å². The summed E-state index contributed by atoms with van der Waals surface area (Å²) in [5.74, 6) is -0.197. The fourth-order valence-electron chi connectivity index (χ4n) is 3.20. The van der Waals surface area contributed by atoms with Gasteiger partial charge in [0.15, 0.2) is 11.9 Å². The van der Waals surface area contributed by atoms with Crippen molar-refractivity contribution in [3.8, 4) is 11.5 Å². The number of nitrogens with zero attached hydrogens (tertiary/aromatic N) is 1. The van der Waals surface area contributed by atoms with Gasteiger partial charge in [0.25, 0.3) is 5.91 Å². The molecule has 2 aromatic rings. The van der Waals surface area contributed by atoms with Crippen LogP contribution in [0.2, 0.25) is 5.02 Å². The highest BCUT2D eigenvalue weighted by Crippen LogP contribution is 2.32. The van der Waals surface area contributed by atoms with E-state index in [9.17, 15) is 14.7 Å². The molecule has 166 valence electrons. The summed E-state index contributed by atoms with van der Waals surface area (Å²) in [5.41, 5.74) is 1.91. The number of rotatable bonds is 10. The number of hydrogen-bond donors (Lipinski definition) is 1. The predicted octanol–water partition coefficient (Wildman–Crippen LogP) is 4.50. The molecule has 1 aliphatic heterocycles. The average molecular weight is 448 g/mol. The first-order valence-corrected chi connectivity index (χ1v) is 10.7. The van der Waals surface area contributed by atoms with Crippen molar-refractivity contribution in [1.29, 1.82) is 0 Å². The van der Waals surface area contributed by atoms with Gasteiger partial charge in [0.1, 0.15) is 5.75 Å². The number of aliphatic carboxylic acids is 1. The van der Waals surface area contributed by atoms with Gasteiger partial charge in [-0.15, -0.1) is 0 Å². The van der Waals surface area contributed by atoms with E-state index in [1.54, 1.807) is 30.3 Å². The maximum Gasteiger partial charge on any atom is 0.333 e. The number of hydroxylamine groups is 2. The van der Waals surface area contributed by atoms with E-state index in [4.69, 9.17) is 25.9 Å². The van der Waals surface area contributed by atoms with Gasteiger partial charge in [-0.1, -0.05) is 31.5 Å². The Morgan fingerprint density at radius 1 is 1.16 bits per heavy atom. The third-order valence-corrected chi connectivity index (χ3v) is 5.05. The lowest BCUT2D eigenvalue weighted by molar-refractivity contribution is -0.150. The number of carbonyl (C=O) groups is 2. The van der Waals surface area contributed by atoms with Crippen LogP contribution in [0, 0.1) is 0 Å². The summed E-state index contributed by atoms with van der Waals surface area (Å²) in [7, 11) is 0. The normalized spacial score (nSPS) is 13.5. The van der Waals surface area contributed by atoms with E-state index >= 15 is 0 Å². The van der Waals surface area contributed by atoms with Crippen molar-refractivity contribution in [2.24, 2.45) is 0 Å². The molecular formula is C23H26ClNO6. The van der Waals surface area contributed by atoms with Crippen molar-refractivity contribution in [3.63, 3.8) is 0 Å². The third-order valence-electron chi connectivity index (χ3n) is 4.74. The van der Waals surface area contributed by atoms with Gasteiger partial charge in [0.2, 0.25) is 0 Å². The molecule has 1 N–H and O–H groups in total. The number of fused-ring (bicyclic) bond motifs is 1. The number of amides is 1. The predicted molar refractivity (Wildman–Crippen MR) is 116 cm³/mol. The monoisotopic (exact) mass is 447 g/mol. The number of carboxylic acid groups (broad SMARTS) is 1. The number of ether oxygens (including phenoxy) is 2. The van der Waals surface area contributed by atoms with Crippen LogP contribution in [0.1, 0.15) is 48.2 Å². The Labute approximate surface area is 186 Å². The van der Waals surface area contributed by atoms with Crippen LogP contribution in [0.5, 0.6) is 11.5 Å². The maximum absolute atomic E-state index is 12.9. The Morgan fingerprint density at radius 3 is 2.61 bits per heavy atom. The fourth-order valence-corrected chi connectivity index (χ4v) is 3.45. The molecule has 2 aromatic carbocycles. The molecule has 0 bridgehead atoms. The highest BCUT2D eigenvalue weighted by Gasteiger charge is 2.29. The van der Waals surface area contributed by atoms with Crippen LogP contribution in [-0.2, 0) is 22.5 Å². The number of carboxylic acids is 1. The minimum absolute atomic E-state index is 0.236. The molecule has 1 amide bonds. The highest BCUT2D eigenvalue weighted by molar-refractivity contribution is 6.34. The van der Waals surface area contributed by atoms with Crippen molar-refractivity contribution >= 4 is 23.5 Å². The Kier molecular flexibility index (Phi) is 7.76. The number of halogens is 1. The van der Waals surface area contributed by atoms with Crippen LogP contribution in [0.15, 0.2) is 36.4 Å². The fraction of sp³-hybridized carbons (Fsp3) is 0.391. The van der Waals surface area contributed by atoms with Crippen molar-refractivity contribution in [2.75, 3.05) is 13.2 Å². The van der Waals surface area contributed by atoms with Gasteiger partial charge >= 0.3 is 5.97 Å². The molecule has 1 unspecified atom stereocenters. The number of benzene rings is 2. The van der Waals surface area contributed by atoms with E-state index < -0.39 is 12.1 Å². The molecule has 8 heteroatoms. The molecule has 31 heavy (non-hydrogen) atoms. The summed E-state index contributed by atoms with van der Waals surface area (Å²) in [6.45, 7) is 5.13. The second kappa shape index (κ2) is 10.5. The minimum atomic E-state index is -0.997. The molecule has 0 spiro atoms. The quantitative estimate of drug-likeness (QED) is 0.577. The topological polar surface area (TPSA) is 85.3 Å². The lowest BCUT2D eigenvalue weighted by Gasteiger charge is -2.16. The van der Waals surface area contributed by atoms with E-state index in [2.05, 4.69) is 0 Å². The Balaban J connectivity index is 1.69. The van der Waals surface area contributed by atoms with E-state index in [1.807, 2.05) is 19.9 Å². The van der Waals surface area contributed by atoms with E-state index in [0.29, 0.717) is 30.3 Å².